The van der Waals surface area contributed by atoms with Crippen molar-refractivity contribution >= 4 is 0 Å². The van der Waals surface area contributed by atoms with Gasteiger partial charge in [-0.1, -0.05) is 70.2 Å². The van der Waals surface area contributed by atoms with E-state index < -0.39 is 0 Å². The highest BCUT2D eigenvalue weighted by molar-refractivity contribution is 5.59. The van der Waals surface area contributed by atoms with E-state index in [1.54, 1.807) is 0 Å². The maximum Gasteiger partial charge on any atom is 0.137 e. The lowest BCUT2D eigenvalue weighted by molar-refractivity contribution is 0.123. The first-order valence-electron chi connectivity index (χ1n) is 11.6. The number of rotatable bonds is 16. The summed E-state index contributed by atoms with van der Waals surface area (Å²) in [6.07, 6.45) is 14.0. The van der Waals surface area contributed by atoms with E-state index >= 15 is 0 Å². The molecule has 0 amide bonds. The van der Waals surface area contributed by atoms with Gasteiger partial charge in [0.25, 0.3) is 0 Å². The van der Waals surface area contributed by atoms with Gasteiger partial charge in [-0.25, -0.2) is 0 Å². The molecule has 1 aromatic carbocycles. The molecule has 0 spiro atoms. The van der Waals surface area contributed by atoms with Gasteiger partial charge in [-0.3, -0.25) is 4.98 Å². The molecule has 0 aliphatic rings. The molecule has 0 saturated carbocycles. The number of nitrogens with zero attached hydrogens (tertiary/aromatic N) is 1. The van der Waals surface area contributed by atoms with E-state index in [1.807, 2.05) is 18.3 Å². The summed E-state index contributed by atoms with van der Waals surface area (Å²) in [7, 11) is 0. The molecule has 29 heavy (non-hydrogen) atoms. The quantitative estimate of drug-likeness (QED) is 0.280. The van der Waals surface area contributed by atoms with Crippen molar-refractivity contribution in [2.24, 2.45) is 0 Å². The zero-order valence-corrected chi connectivity index (χ0v) is 18.5. The molecule has 0 aliphatic heterocycles. The summed E-state index contributed by atoms with van der Waals surface area (Å²) in [5, 5.41) is 0. The van der Waals surface area contributed by atoms with Gasteiger partial charge in [0.05, 0.1) is 18.5 Å². The van der Waals surface area contributed by atoms with Crippen LogP contribution in [0.15, 0.2) is 42.6 Å². The van der Waals surface area contributed by atoms with Crippen molar-refractivity contribution in [3.8, 4) is 17.0 Å². The normalized spacial score (nSPS) is 11.0. The molecule has 0 bridgehead atoms. The van der Waals surface area contributed by atoms with E-state index in [1.165, 1.54) is 50.5 Å². The van der Waals surface area contributed by atoms with Crippen LogP contribution in [-0.4, -0.2) is 24.8 Å². The number of aromatic nitrogens is 1. The number of hydrogen-bond donors (Lipinski definition) is 0. The average molecular weight is 398 g/mol. The smallest absolute Gasteiger partial charge is 0.137 e. The Labute approximate surface area is 177 Å². The fraction of sp³-hybridized carbons (Fsp3) is 0.577. The first-order valence-corrected chi connectivity index (χ1v) is 11.6. The lowest BCUT2D eigenvalue weighted by atomic mass is 10.0. The van der Waals surface area contributed by atoms with Crippen LogP contribution in [0.3, 0.4) is 0 Å². The van der Waals surface area contributed by atoms with Crippen LogP contribution in [-0.2, 0) is 11.2 Å². The van der Waals surface area contributed by atoms with Gasteiger partial charge < -0.3 is 9.47 Å². The van der Waals surface area contributed by atoms with E-state index in [0.717, 1.165) is 49.5 Å². The van der Waals surface area contributed by atoms with Gasteiger partial charge in [-0.15, -0.1) is 0 Å². The number of hydrogen-bond acceptors (Lipinski definition) is 3. The number of unbranched alkanes of at least 4 members (excludes halogenated alkanes) is 6. The van der Waals surface area contributed by atoms with Crippen molar-refractivity contribution in [1.82, 2.24) is 4.98 Å². The third kappa shape index (κ3) is 9.94. The fourth-order valence-corrected chi connectivity index (χ4v) is 3.26. The summed E-state index contributed by atoms with van der Waals surface area (Å²) in [5.74, 6) is 0.837. The third-order valence-electron chi connectivity index (χ3n) is 5.15. The third-order valence-corrected chi connectivity index (χ3v) is 5.15. The summed E-state index contributed by atoms with van der Waals surface area (Å²) < 4.78 is 11.4. The SMILES string of the molecule is CCCCCCCc1ccc(-c2ccc(OCCCCOCCCC)cn2)cc1. The maximum atomic E-state index is 5.80. The Kier molecular flexibility index (Phi) is 12.1. The Morgan fingerprint density at radius 3 is 2.14 bits per heavy atom. The molecule has 0 unspecified atom stereocenters. The van der Waals surface area contributed by atoms with Gasteiger partial charge >= 0.3 is 0 Å². The predicted molar refractivity (Wildman–Crippen MR) is 123 cm³/mol. The first kappa shape index (κ1) is 23.4. The van der Waals surface area contributed by atoms with Crippen LogP contribution in [0.25, 0.3) is 11.3 Å². The monoisotopic (exact) mass is 397 g/mol. The molecule has 160 valence electrons. The topological polar surface area (TPSA) is 31.4 Å². The molecule has 3 heteroatoms. The number of ether oxygens (including phenoxy) is 2. The minimum absolute atomic E-state index is 0.713. The Bertz CT molecular complexity index is 637. The summed E-state index contributed by atoms with van der Waals surface area (Å²) in [5.41, 5.74) is 3.58. The van der Waals surface area contributed by atoms with Crippen LogP contribution < -0.4 is 4.74 Å². The molecule has 0 saturated heterocycles. The molecule has 0 atom stereocenters. The first-order chi connectivity index (χ1) is 14.3. The van der Waals surface area contributed by atoms with E-state index in [-0.39, 0.29) is 0 Å². The van der Waals surface area contributed by atoms with Gasteiger partial charge in [-0.2, -0.15) is 0 Å². The lowest BCUT2D eigenvalue weighted by Crippen LogP contribution is -2.02. The molecule has 2 rings (SSSR count). The van der Waals surface area contributed by atoms with Crippen molar-refractivity contribution in [1.29, 1.82) is 0 Å². The largest absolute Gasteiger partial charge is 0.492 e. The number of aryl methyl sites for hydroxylation is 1. The van der Waals surface area contributed by atoms with Crippen LogP contribution in [0.5, 0.6) is 5.75 Å². The van der Waals surface area contributed by atoms with Gasteiger partial charge in [0.2, 0.25) is 0 Å². The maximum absolute atomic E-state index is 5.80. The molecule has 0 fully saturated rings. The highest BCUT2D eigenvalue weighted by atomic mass is 16.5. The second-order valence-corrected chi connectivity index (χ2v) is 7.76. The second-order valence-electron chi connectivity index (χ2n) is 7.76. The van der Waals surface area contributed by atoms with E-state index in [2.05, 4.69) is 43.1 Å². The molecule has 2 aromatic rings. The number of pyridine rings is 1. The Hall–Kier alpha value is -1.87. The molecule has 1 heterocycles. The second kappa shape index (κ2) is 15.0. The number of benzene rings is 1. The lowest BCUT2D eigenvalue weighted by Gasteiger charge is -2.08. The molecular weight excluding hydrogens is 358 g/mol. The summed E-state index contributed by atoms with van der Waals surface area (Å²) in [6.45, 7) is 6.86. The minimum atomic E-state index is 0.713. The van der Waals surface area contributed by atoms with Crippen LogP contribution >= 0.6 is 0 Å². The summed E-state index contributed by atoms with van der Waals surface area (Å²) in [4.78, 5) is 4.57. The van der Waals surface area contributed by atoms with Crippen molar-refractivity contribution in [2.45, 2.75) is 78.1 Å². The zero-order valence-electron chi connectivity index (χ0n) is 18.5. The van der Waals surface area contributed by atoms with E-state index in [4.69, 9.17) is 9.47 Å². The molecule has 0 radical (unpaired) electrons. The van der Waals surface area contributed by atoms with Gasteiger partial charge in [0.15, 0.2) is 0 Å². The zero-order chi connectivity index (χ0) is 20.6. The van der Waals surface area contributed by atoms with Crippen molar-refractivity contribution in [2.75, 3.05) is 19.8 Å². The Balaban J connectivity index is 1.67. The van der Waals surface area contributed by atoms with E-state index in [0.29, 0.717) is 6.61 Å². The van der Waals surface area contributed by atoms with Gasteiger partial charge in [0.1, 0.15) is 5.75 Å². The van der Waals surface area contributed by atoms with Gasteiger partial charge in [0, 0.05) is 18.8 Å². The fourth-order valence-electron chi connectivity index (χ4n) is 3.26. The van der Waals surface area contributed by atoms with E-state index in [9.17, 15) is 0 Å². The van der Waals surface area contributed by atoms with Crippen molar-refractivity contribution in [3.63, 3.8) is 0 Å². The van der Waals surface area contributed by atoms with Crippen LogP contribution in [0, 0.1) is 0 Å². The van der Waals surface area contributed by atoms with Crippen molar-refractivity contribution < 1.29 is 9.47 Å². The standard InChI is InChI=1S/C26H39NO2/c1-3-5-7-8-9-12-23-13-15-24(16-14-23)26-18-17-25(22-27-26)29-21-11-10-20-28-19-6-4-2/h13-18,22H,3-12,19-21H2,1-2H3. The summed E-state index contributed by atoms with van der Waals surface area (Å²) in [6, 6.07) is 12.9. The van der Waals surface area contributed by atoms with Crippen LogP contribution in [0.4, 0.5) is 0 Å². The summed E-state index contributed by atoms with van der Waals surface area (Å²) >= 11 is 0. The predicted octanol–water partition coefficient (Wildman–Crippen LogP) is 7.24. The average Bonchev–Trinajstić information content (AvgIpc) is 2.76. The van der Waals surface area contributed by atoms with Crippen molar-refractivity contribution in [3.05, 3.63) is 48.2 Å². The van der Waals surface area contributed by atoms with Gasteiger partial charge in [-0.05, 0) is 49.8 Å². The Morgan fingerprint density at radius 2 is 1.41 bits per heavy atom. The van der Waals surface area contributed by atoms with Crippen LogP contribution in [0.2, 0.25) is 0 Å². The molecule has 1 aromatic heterocycles. The minimum Gasteiger partial charge on any atom is -0.492 e. The highest BCUT2D eigenvalue weighted by Crippen LogP contribution is 2.21. The molecule has 3 nitrogen and oxygen atoms in total. The molecule has 0 N–H and O–H groups in total. The molecule has 0 aliphatic carbocycles. The Morgan fingerprint density at radius 1 is 0.690 bits per heavy atom. The molecular formula is C26H39NO2. The highest BCUT2D eigenvalue weighted by Gasteiger charge is 2.02. The van der Waals surface area contributed by atoms with Crippen LogP contribution in [0.1, 0.15) is 77.2 Å².